The summed E-state index contributed by atoms with van der Waals surface area (Å²) in [6, 6.07) is 25.2. The number of aromatic carboxylic acids is 1. The Morgan fingerprint density at radius 1 is 1.00 bits per heavy atom. The second kappa shape index (κ2) is 10.1. The topological polar surface area (TPSA) is 109 Å². The van der Waals surface area contributed by atoms with Crippen LogP contribution in [0.15, 0.2) is 101 Å². The number of benzene rings is 3. The first kappa shape index (κ1) is 23.4. The Morgan fingerprint density at radius 3 is 2.33 bits per heavy atom. The average molecular weight is 498 g/mol. The van der Waals surface area contributed by atoms with E-state index in [0.29, 0.717) is 33.8 Å². The molecule has 0 fully saturated rings. The molecule has 0 bridgehead atoms. The van der Waals surface area contributed by atoms with E-state index in [-0.39, 0.29) is 11.5 Å². The van der Waals surface area contributed by atoms with Gasteiger partial charge in [-0.1, -0.05) is 72.4 Å². The first-order valence-electron chi connectivity index (χ1n) is 11.3. The molecule has 3 aromatic carbocycles. The zero-order valence-electron chi connectivity index (χ0n) is 19.4. The van der Waals surface area contributed by atoms with Gasteiger partial charge in [0.2, 0.25) is 11.1 Å². The van der Waals surface area contributed by atoms with E-state index in [1.807, 2.05) is 67.6 Å². The maximum Gasteiger partial charge on any atom is 0.335 e. The normalized spacial score (nSPS) is 14.6. The molecular formula is C27H23N5O3S. The highest BCUT2D eigenvalue weighted by Gasteiger charge is 2.34. The van der Waals surface area contributed by atoms with Crippen molar-refractivity contribution in [3.63, 3.8) is 0 Å². The first-order chi connectivity index (χ1) is 17.5. The van der Waals surface area contributed by atoms with Crippen molar-refractivity contribution in [2.75, 3.05) is 10.6 Å². The fraction of sp³-hybridized carbons (Fsp3) is 0.111. The molecule has 9 heteroatoms. The van der Waals surface area contributed by atoms with Crippen molar-refractivity contribution in [1.29, 1.82) is 0 Å². The molecule has 1 aliphatic heterocycles. The number of allylic oxidation sites excluding steroid dienone is 1. The summed E-state index contributed by atoms with van der Waals surface area (Å²) in [5, 5.41) is 20.8. The molecular weight excluding hydrogens is 474 g/mol. The molecule has 0 spiro atoms. The van der Waals surface area contributed by atoms with E-state index in [4.69, 9.17) is 5.10 Å². The molecule has 0 saturated heterocycles. The van der Waals surface area contributed by atoms with Gasteiger partial charge in [-0.15, -0.1) is 5.10 Å². The molecule has 4 aromatic rings. The second-order valence-electron chi connectivity index (χ2n) is 8.25. The molecule has 36 heavy (non-hydrogen) atoms. The van der Waals surface area contributed by atoms with Crippen LogP contribution in [-0.2, 0) is 10.5 Å². The number of carboxylic acid groups (broad SMARTS) is 1. The lowest BCUT2D eigenvalue weighted by molar-refractivity contribution is -0.113. The molecule has 1 atom stereocenters. The fourth-order valence-corrected chi connectivity index (χ4v) is 4.83. The highest BCUT2D eigenvalue weighted by Crippen LogP contribution is 2.37. The zero-order chi connectivity index (χ0) is 25.1. The Morgan fingerprint density at radius 2 is 1.67 bits per heavy atom. The molecule has 1 aromatic heterocycles. The summed E-state index contributed by atoms with van der Waals surface area (Å²) < 4.78 is 1.69. The number of anilines is 2. The van der Waals surface area contributed by atoms with Crippen molar-refractivity contribution >= 4 is 35.3 Å². The summed E-state index contributed by atoms with van der Waals surface area (Å²) in [6.45, 7) is 1.83. The van der Waals surface area contributed by atoms with Gasteiger partial charge in [-0.05, 0) is 42.3 Å². The van der Waals surface area contributed by atoms with E-state index in [2.05, 4.69) is 15.6 Å². The number of hydrogen-bond acceptors (Lipinski definition) is 6. The predicted molar refractivity (Wildman–Crippen MR) is 139 cm³/mol. The highest BCUT2D eigenvalue weighted by atomic mass is 32.2. The summed E-state index contributed by atoms with van der Waals surface area (Å²) in [6.07, 6.45) is 0. The van der Waals surface area contributed by atoms with E-state index in [9.17, 15) is 14.7 Å². The maximum atomic E-state index is 13.5. The number of carbonyl (C=O) groups excluding carboxylic acids is 1. The zero-order valence-corrected chi connectivity index (χ0v) is 20.2. The number of aromatic nitrogens is 3. The van der Waals surface area contributed by atoms with Crippen molar-refractivity contribution in [3.8, 4) is 0 Å². The molecule has 0 aliphatic carbocycles. The molecule has 1 aliphatic rings. The fourth-order valence-electron chi connectivity index (χ4n) is 4.04. The van der Waals surface area contributed by atoms with Crippen LogP contribution >= 0.6 is 11.8 Å². The van der Waals surface area contributed by atoms with Gasteiger partial charge in [0.05, 0.1) is 11.1 Å². The number of hydrogen-bond donors (Lipinski definition) is 3. The molecule has 180 valence electrons. The number of rotatable bonds is 7. The number of para-hydroxylation sites is 1. The maximum absolute atomic E-state index is 13.5. The molecule has 8 nitrogen and oxygen atoms in total. The first-order valence-corrected chi connectivity index (χ1v) is 12.3. The molecule has 0 radical (unpaired) electrons. The second-order valence-corrected chi connectivity index (χ2v) is 9.19. The largest absolute Gasteiger partial charge is 0.478 e. The van der Waals surface area contributed by atoms with E-state index in [1.165, 1.54) is 23.9 Å². The van der Waals surface area contributed by atoms with Crippen LogP contribution < -0.4 is 10.6 Å². The summed E-state index contributed by atoms with van der Waals surface area (Å²) in [5.74, 6) is -0.0674. The number of fused-ring (bicyclic) bond motifs is 1. The van der Waals surface area contributed by atoms with Gasteiger partial charge in [-0.25, -0.2) is 9.48 Å². The van der Waals surface area contributed by atoms with Crippen molar-refractivity contribution in [3.05, 3.63) is 113 Å². The quantitative estimate of drug-likeness (QED) is 0.301. The van der Waals surface area contributed by atoms with Crippen LogP contribution in [-0.4, -0.2) is 31.7 Å². The van der Waals surface area contributed by atoms with Crippen LogP contribution in [0.2, 0.25) is 0 Å². The third kappa shape index (κ3) is 4.87. The summed E-state index contributed by atoms with van der Waals surface area (Å²) >= 11 is 1.50. The van der Waals surface area contributed by atoms with E-state index in [0.717, 1.165) is 11.1 Å². The third-order valence-electron chi connectivity index (χ3n) is 5.79. The van der Waals surface area contributed by atoms with Crippen molar-refractivity contribution in [2.45, 2.75) is 23.9 Å². The Kier molecular flexibility index (Phi) is 6.55. The highest BCUT2D eigenvalue weighted by molar-refractivity contribution is 7.98. The molecule has 1 amide bonds. The molecule has 3 N–H and O–H groups in total. The Hall–Kier alpha value is -4.37. The summed E-state index contributed by atoms with van der Waals surface area (Å²) in [4.78, 5) is 29.5. The van der Waals surface area contributed by atoms with Gasteiger partial charge < -0.3 is 15.7 Å². The number of nitrogens with zero attached hydrogens (tertiary/aromatic N) is 3. The summed E-state index contributed by atoms with van der Waals surface area (Å²) in [5.41, 5.74) is 3.84. The van der Waals surface area contributed by atoms with Gasteiger partial charge in [0.1, 0.15) is 6.04 Å². The van der Waals surface area contributed by atoms with Crippen LogP contribution in [0.1, 0.15) is 34.5 Å². The third-order valence-corrected chi connectivity index (χ3v) is 6.70. The number of thioether (sulfide) groups is 1. The molecule has 1 unspecified atom stereocenters. The van der Waals surface area contributed by atoms with Crippen molar-refractivity contribution in [2.24, 2.45) is 0 Å². The standard InChI is InChI=1S/C27H23N5O3S/c1-17-22(24(33)29-21-10-6-3-7-11-21)23(19-12-14-20(15-13-19)25(34)35)32-26(28-17)30-27(31-32)36-16-18-8-4-2-5-9-18/h2-15,23H,16H2,1H3,(H,29,33)(H,34,35)(H,28,30,31). The van der Waals surface area contributed by atoms with E-state index >= 15 is 0 Å². The van der Waals surface area contributed by atoms with Gasteiger partial charge in [0.15, 0.2) is 0 Å². The van der Waals surface area contributed by atoms with E-state index < -0.39 is 12.0 Å². The van der Waals surface area contributed by atoms with Crippen LogP contribution in [0, 0.1) is 0 Å². The Labute approximate surface area is 212 Å². The van der Waals surface area contributed by atoms with Crippen LogP contribution in [0.4, 0.5) is 11.6 Å². The van der Waals surface area contributed by atoms with Crippen molar-refractivity contribution < 1.29 is 14.7 Å². The SMILES string of the molecule is CC1=C(C(=O)Nc2ccccc2)C(c2ccc(C(=O)O)cc2)n2nc(SCc3ccccc3)nc2N1. The van der Waals surface area contributed by atoms with Gasteiger partial charge in [-0.2, -0.15) is 4.98 Å². The van der Waals surface area contributed by atoms with Gasteiger partial charge in [0.25, 0.3) is 5.91 Å². The number of carboxylic acids is 1. The lowest BCUT2D eigenvalue weighted by Gasteiger charge is -2.28. The van der Waals surface area contributed by atoms with Crippen LogP contribution in [0.3, 0.4) is 0 Å². The van der Waals surface area contributed by atoms with Gasteiger partial charge in [0, 0.05) is 17.1 Å². The average Bonchev–Trinajstić information content (AvgIpc) is 3.30. The minimum absolute atomic E-state index is 0.168. The summed E-state index contributed by atoms with van der Waals surface area (Å²) in [7, 11) is 0. The smallest absolute Gasteiger partial charge is 0.335 e. The van der Waals surface area contributed by atoms with E-state index in [1.54, 1.807) is 16.8 Å². The van der Waals surface area contributed by atoms with Crippen LogP contribution in [0.25, 0.3) is 0 Å². The lowest BCUT2D eigenvalue weighted by atomic mass is 9.94. The Bertz CT molecular complexity index is 1430. The number of amides is 1. The lowest BCUT2D eigenvalue weighted by Crippen LogP contribution is -2.31. The molecule has 0 saturated carbocycles. The minimum atomic E-state index is -1.01. The van der Waals surface area contributed by atoms with Crippen molar-refractivity contribution in [1.82, 2.24) is 14.8 Å². The van der Waals surface area contributed by atoms with Gasteiger partial charge in [-0.3, -0.25) is 4.79 Å². The minimum Gasteiger partial charge on any atom is -0.478 e. The monoisotopic (exact) mass is 497 g/mol. The van der Waals surface area contributed by atoms with Crippen LogP contribution in [0.5, 0.6) is 0 Å². The molecule has 2 heterocycles. The predicted octanol–water partition coefficient (Wildman–Crippen LogP) is 5.20. The Balaban J connectivity index is 1.51. The molecule has 5 rings (SSSR count). The number of nitrogens with one attached hydrogen (secondary N) is 2. The van der Waals surface area contributed by atoms with Gasteiger partial charge >= 0.3 is 5.97 Å². The number of carbonyl (C=O) groups is 2.